The van der Waals surface area contributed by atoms with Crippen molar-refractivity contribution in [1.82, 2.24) is 0 Å². The number of anilines is 4. The minimum Gasteiger partial charge on any atom is -0.464 e. The molecule has 4 aromatic rings. The third kappa shape index (κ3) is 3.57. The third-order valence-electron chi connectivity index (χ3n) is 5.92. The van der Waals surface area contributed by atoms with E-state index in [2.05, 4.69) is 0 Å². The van der Waals surface area contributed by atoms with Gasteiger partial charge < -0.3 is 10.2 Å². The number of fused-ring (bicyclic) bond motifs is 2. The Kier molecular flexibility index (Phi) is 5.54. The first kappa shape index (κ1) is 22.5. The van der Waals surface area contributed by atoms with Gasteiger partial charge >= 0.3 is 12.2 Å². The van der Waals surface area contributed by atoms with Crippen molar-refractivity contribution in [2.45, 2.75) is 0 Å². The summed E-state index contributed by atoms with van der Waals surface area (Å²) in [5.74, 6) is -1.14. The van der Waals surface area contributed by atoms with Crippen molar-refractivity contribution in [1.29, 1.82) is 0 Å². The Bertz CT molecular complexity index is 1420. The van der Waals surface area contributed by atoms with Crippen LogP contribution in [-0.2, 0) is 0 Å². The highest BCUT2D eigenvalue weighted by molar-refractivity contribution is 6.33. The lowest BCUT2D eigenvalue weighted by atomic mass is 9.82. The van der Waals surface area contributed by atoms with Gasteiger partial charge in [0.15, 0.2) is 11.6 Å². The van der Waals surface area contributed by atoms with Gasteiger partial charge in [0.2, 0.25) is 0 Å². The molecule has 8 heteroatoms. The monoisotopic (exact) mass is 478 g/mol. The van der Waals surface area contributed by atoms with Crippen LogP contribution in [0.15, 0.2) is 97.1 Å². The fraction of sp³-hybridized carbons (Fsp3) is 0. The van der Waals surface area contributed by atoms with Crippen LogP contribution in [0, 0.1) is 0 Å². The molecule has 0 heterocycles. The molecule has 1 aliphatic rings. The molecule has 4 aromatic carbocycles. The van der Waals surface area contributed by atoms with E-state index < -0.39 is 23.8 Å². The lowest BCUT2D eigenvalue weighted by Gasteiger charge is -2.28. The van der Waals surface area contributed by atoms with Crippen LogP contribution in [0.25, 0.3) is 0 Å². The summed E-state index contributed by atoms with van der Waals surface area (Å²) in [5, 5.41) is 20.0. The number of para-hydroxylation sites is 2. The van der Waals surface area contributed by atoms with E-state index in [4.69, 9.17) is 0 Å². The van der Waals surface area contributed by atoms with Crippen molar-refractivity contribution >= 4 is 46.5 Å². The summed E-state index contributed by atoms with van der Waals surface area (Å²) < 4.78 is 0. The van der Waals surface area contributed by atoms with Crippen molar-refractivity contribution in [2.24, 2.45) is 0 Å². The van der Waals surface area contributed by atoms with E-state index in [1.807, 2.05) is 0 Å². The Morgan fingerprint density at radius 2 is 0.861 bits per heavy atom. The molecule has 0 saturated heterocycles. The first-order chi connectivity index (χ1) is 17.4. The van der Waals surface area contributed by atoms with Crippen LogP contribution < -0.4 is 9.80 Å². The highest BCUT2D eigenvalue weighted by Gasteiger charge is 2.37. The summed E-state index contributed by atoms with van der Waals surface area (Å²) in [4.78, 5) is 54.0. The number of carbonyl (C=O) groups excluding carboxylic acids is 2. The van der Waals surface area contributed by atoms with E-state index in [0.29, 0.717) is 11.4 Å². The van der Waals surface area contributed by atoms with Gasteiger partial charge in [-0.1, -0.05) is 60.7 Å². The number of hydrogen-bond donors (Lipinski definition) is 2. The number of ketones is 2. The first-order valence-corrected chi connectivity index (χ1v) is 10.9. The van der Waals surface area contributed by atoms with Crippen molar-refractivity contribution < 1.29 is 29.4 Å². The molecule has 176 valence electrons. The maximum absolute atomic E-state index is 13.8. The van der Waals surface area contributed by atoms with Crippen molar-refractivity contribution in [2.75, 3.05) is 9.80 Å². The molecule has 0 saturated carbocycles. The highest BCUT2D eigenvalue weighted by Crippen LogP contribution is 2.41. The standard InChI is InChI=1S/C28H18N2O6/c31-25-20-14-8-16-22(30(28(35)36)18-11-5-2-6-12-18)24(20)26(32)19-13-7-15-21(23(19)25)29(27(33)34)17-9-3-1-4-10-17/h1-16H,(H,33,34)(H,35,36). The fourth-order valence-electron chi connectivity index (χ4n) is 4.44. The number of carboxylic acid groups (broad SMARTS) is 2. The quantitative estimate of drug-likeness (QED) is 0.323. The second-order valence-corrected chi connectivity index (χ2v) is 7.96. The van der Waals surface area contributed by atoms with Gasteiger partial charge in [0.05, 0.1) is 33.9 Å². The number of carbonyl (C=O) groups is 4. The third-order valence-corrected chi connectivity index (χ3v) is 5.92. The summed E-state index contributed by atoms with van der Waals surface area (Å²) in [5.41, 5.74) is 0.576. The molecule has 1 aliphatic carbocycles. The molecular formula is C28H18N2O6. The van der Waals surface area contributed by atoms with Crippen LogP contribution in [-0.4, -0.2) is 34.0 Å². The van der Waals surface area contributed by atoms with Crippen LogP contribution in [0.4, 0.5) is 32.3 Å². The Labute approximate surface area is 205 Å². The SMILES string of the molecule is O=C1c2cccc(N(C(=O)O)c3ccccc3)c2C(=O)c2cccc(N(C(=O)O)c3ccccc3)c21. The summed E-state index contributed by atoms with van der Waals surface area (Å²) in [7, 11) is 0. The molecule has 8 nitrogen and oxygen atoms in total. The first-order valence-electron chi connectivity index (χ1n) is 10.9. The topological polar surface area (TPSA) is 115 Å². The molecule has 5 rings (SSSR count). The normalized spacial score (nSPS) is 11.9. The molecule has 0 atom stereocenters. The molecule has 0 fully saturated rings. The van der Waals surface area contributed by atoms with E-state index in [-0.39, 0.29) is 33.6 Å². The van der Waals surface area contributed by atoms with Gasteiger partial charge in [-0.2, -0.15) is 0 Å². The lowest BCUT2D eigenvalue weighted by Crippen LogP contribution is -2.31. The summed E-state index contributed by atoms with van der Waals surface area (Å²) in [6.45, 7) is 0. The highest BCUT2D eigenvalue weighted by atomic mass is 16.4. The zero-order chi connectivity index (χ0) is 25.4. The molecule has 36 heavy (non-hydrogen) atoms. The fourth-order valence-corrected chi connectivity index (χ4v) is 4.44. The maximum Gasteiger partial charge on any atom is 0.416 e. The van der Waals surface area contributed by atoms with E-state index in [0.717, 1.165) is 9.80 Å². The minimum atomic E-state index is -1.32. The number of hydrogen-bond acceptors (Lipinski definition) is 4. The predicted molar refractivity (Wildman–Crippen MR) is 133 cm³/mol. The molecule has 0 aromatic heterocycles. The van der Waals surface area contributed by atoms with Crippen LogP contribution in [0.1, 0.15) is 31.8 Å². The zero-order valence-corrected chi connectivity index (χ0v) is 18.7. The Morgan fingerprint density at radius 1 is 0.500 bits per heavy atom. The van der Waals surface area contributed by atoms with Crippen LogP contribution in [0.5, 0.6) is 0 Å². The smallest absolute Gasteiger partial charge is 0.416 e. The maximum atomic E-state index is 13.8. The Morgan fingerprint density at radius 3 is 1.19 bits per heavy atom. The average Bonchev–Trinajstić information content (AvgIpc) is 2.88. The number of nitrogens with zero attached hydrogens (tertiary/aromatic N) is 2. The van der Waals surface area contributed by atoms with Gasteiger partial charge in [-0.25, -0.2) is 19.4 Å². The van der Waals surface area contributed by atoms with E-state index in [9.17, 15) is 29.4 Å². The molecule has 0 spiro atoms. The minimum absolute atomic E-state index is 0.00182. The summed E-state index contributed by atoms with van der Waals surface area (Å²) in [6, 6.07) is 25.3. The Hall–Kier alpha value is -5.24. The van der Waals surface area contributed by atoms with Gasteiger partial charge in [0.1, 0.15) is 0 Å². The zero-order valence-electron chi connectivity index (χ0n) is 18.7. The Balaban J connectivity index is 1.72. The predicted octanol–water partition coefficient (Wildman–Crippen LogP) is 6.09. The second kappa shape index (κ2) is 8.84. The molecule has 0 unspecified atom stereocenters. The molecule has 0 radical (unpaired) electrons. The van der Waals surface area contributed by atoms with Gasteiger partial charge in [-0.05, 0) is 36.4 Å². The summed E-state index contributed by atoms with van der Waals surface area (Å²) in [6.07, 6.45) is -2.65. The van der Waals surface area contributed by atoms with Crippen molar-refractivity contribution in [3.05, 3.63) is 119 Å². The van der Waals surface area contributed by atoms with E-state index in [1.54, 1.807) is 60.7 Å². The van der Waals surface area contributed by atoms with Gasteiger partial charge in [-0.15, -0.1) is 0 Å². The molecule has 0 aliphatic heterocycles. The molecule has 2 amide bonds. The van der Waals surface area contributed by atoms with Gasteiger partial charge in [0.25, 0.3) is 0 Å². The molecule has 2 N–H and O–H groups in total. The second-order valence-electron chi connectivity index (χ2n) is 7.96. The van der Waals surface area contributed by atoms with Crippen LogP contribution in [0.3, 0.4) is 0 Å². The van der Waals surface area contributed by atoms with Crippen LogP contribution in [0.2, 0.25) is 0 Å². The number of amides is 2. The number of rotatable bonds is 4. The molecule has 0 bridgehead atoms. The van der Waals surface area contributed by atoms with Crippen molar-refractivity contribution in [3.8, 4) is 0 Å². The van der Waals surface area contributed by atoms with E-state index in [1.165, 1.54) is 36.4 Å². The largest absolute Gasteiger partial charge is 0.464 e. The van der Waals surface area contributed by atoms with Crippen LogP contribution >= 0.6 is 0 Å². The summed E-state index contributed by atoms with van der Waals surface area (Å²) >= 11 is 0. The lowest BCUT2D eigenvalue weighted by molar-refractivity contribution is 0.0980. The average molecular weight is 478 g/mol. The van der Waals surface area contributed by atoms with Crippen molar-refractivity contribution in [3.63, 3.8) is 0 Å². The number of benzene rings is 4. The van der Waals surface area contributed by atoms with E-state index >= 15 is 0 Å². The van der Waals surface area contributed by atoms with Gasteiger partial charge in [0, 0.05) is 11.1 Å². The van der Waals surface area contributed by atoms with Gasteiger partial charge in [-0.3, -0.25) is 9.59 Å². The molecular weight excluding hydrogens is 460 g/mol.